The van der Waals surface area contributed by atoms with Crippen LogP contribution < -0.4 is 0 Å². The monoisotopic (exact) mass is 99.0 g/mol. The Morgan fingerprint density at radius 3 is 3.00 bits per heavy atom. The predicted molar refractivity (Wildman–Crippen MR) is 24.1 cm³/mol. The number of halogens is 1. The molecule has 0 spiro atoms. The van der Waals surface area contributed by atoms with E-state index in [1.807, 2.05) is 0 Å². The van der Waals surface area contributed by atoms with Crippen LogP contribution in [0.25, 0.3) is 0 Å². The SMILES string of the molecule is FN1[C]=CC=NC1. The van der Waals surface area contributed by atoms with Gasteiger partial charge in [0.2, 0.25) is 0 Å². The van der Waals surface area contributed by atoms with Crippen LogP contribution in [0.2, 0.25) is 0 Å². The Labute approximate surface area is 40.9 Å². The maximum Gasteiger partial charge on any atom is 0.140 e. The van der Waals surface area contributed by atoms with Gasteiger partial charge >= 0.3 is 0 Å². The first-order valence-corrected chi connectivity index (χ1v) is 1.91. The summed E-state index contributed by atoms with van der Waals surface area (Å²) >= 11 is 0. The summed E-state index contributed by atoms with van der Waals surface area (Å²) in [6, 6.07) is 0. The van der Waals surface area contributed by atoms with Gasteiger partial charge in [-0.25, -0.2) is 0 Å². The second-order valence-electron chi connectivity index (χ2n) is 1.13. The maximum absolute atomic E-state index is 11.8. The van der Waals surface area contributed by atoms with Crippen molar-refractivity contribution in [3.05, 3.63) is 12.3 Å². The van der Waals surface area contributed by atoms with Gasteiger partial charge in [0.25, 0.3) is 0 Å². The third-order valence-corrected chi connectivity index (χ3v) is 0.600. The summed E-state index contributed by atoms with van der Waals surface area (Å²) in [5.41, 5.74) is 0. The molecule has 0 aliphatic carbocycles. The second-order valence-corrected chi connectivity index (χ2v) is 1.13. The van der Waals surface area contributed by atoms with Crippen molar-refractivity contribution < 1.29 is 4.48 Å². The van der Waals surface area contributed by atoms with Crippen molar-refractivity contribution in [2.24, 2.45) is 4.99 Å². The Hall–Kier alpha value is -0.860. The Bertz CT molecular complexity index is 108. The topological polar surface area (TPSA) is 15.6 Å². The highest BCUT2D eigenvalue weighted by molar-refractivity contribution is 5.70. The van der Waals surface area contributed by atoms with Crippen molar-refractivity contribution >= 4 is 6.21 Å². The minimum absolute atomic E-state index is 0.0799. The van der Waals surface area contributed by atoms with Gasteiger partial charge in [0.1, 0.15) is 6.67 Å². The lowest BCUT2D eigenvalue weighted by Gasteiger charge is -2.03. The normalized spacial score (nSPS) is 18.1. The van der Waals surface area contributed by atoms with Crippen molar-refractivity contribution in [2.45, 2.75) is 0 Å². The quantitative estimate of drug-likeness (QED) is 0.404. The molecule has 1 radical (unpaired) electrons. The molecule has 1 rings (SSSR count). The van der Waals surface area contributed by atoms with E-state index >= 15 is 0 Å². The Morgan fingerprint density at radius 1 is 1.86 bits per heavy atom. The van der Waals surface area contributed by atoms with Gasteiger partial charge in [-0.1, -0.05) is 4.48 Å². The molecular formula is C4H4FN2. The fourth-order valence-electron chi connectivity index (χ4n) is 0.327. The molecule has 0 aromatic rings. The molecule has 1 aliphatic heterocycles. The summed E-state index contributed by atoms with van der Waals surface area (Å²) < 4.78 is 11.8. The number of rotatable bonds is 0. The molecule has 0 aromatic heterocycles. The number of hydrogen-bond donors (Lipinski definition) is 0. The van der Waals surface area contributed by atoms with E-state index in [2.05, 4.69) is 11.2 Å². The van der Waals surface area contributed by atoms with Crippen molar-refractivity contribution in [2.75, 3.05) is 6.67 Å². The van der Waals surface area contributed by atoms with Crippen LogP contribution in [-0.2, 0) is 0 Å². The molecule has 1 heterocycles. The third kappa shape index (κ3) is 0.994. The molecule has 0 atom stereocenters. The molecule has 2 nitrogen and oxygen atoms in total. The molecule has 0 amide bonds. The highest BCUT2D eigenvalue weighted by atomic mass is 19.2. The molecule has 0 aromatic carbocycles. The summed E-state index contributed by atoms with van der Waals surface area (Å²) in [4.78, 5) is 3.57. The van der Waals surface area contributed by atoms with Crippen LogP contribution in [0.15, 0.2) is 11.1 Å². The number of allylic oxidation sites excluding steroid dienone is 1. The molecular weight excluding hydrogens is 95.1 g/mol. The van der Waals surface area contributed by atoms with E-state index in [4.69, 9.17) is 0 Å². The molecule has 0 saturated heterocycles. The van der Waals surface area contributed by atoms with Gasteiger partial charge in [-0.05, 0) is 6.08 Å². The minimum Gasteiger partial charge on any atom is -0.269 e. The van der Waals surface area contributed by atoms with Crippen molar-refractivity contribution in [3.63, 3.8) is 0 Å². The van der Waals surface area contributed by atoms with Crippen LogP contribution in [0, 0.1) is 6.20 Å². The predicted octanol–water partition coefficient (Wildman–Crippen LogP) is 0.532. The van der Waals surface area contributed by atoms with Gasteiger partial charge in [-0.2, -0.15) is 5.12 Å². The standard InChI is InChI=1S/C4H4FN2/c5-7-3-1-2-6-4-7/h1-2H,4H2. The van der Waals surface area contributed by atoms with E-state index < -0.39 is 0 Å². The van der Waals surface area contributed by atoms with Crippen molar-refractivity contribution in [1.82, 2.24) is 5.12 Å². The number of nitrogens with zero attached hydrogens (tertiary/aromatic N) is 2. The molecule has 0 fully saturated rings. The zero-order valence-electron chi connectivity index (χ0n) is 3.63. The Balaban J connectivity index is 2.49. The van der Waals surface area contributed by atoms with Crippen LogP contribution in [-0.4, -0.2) is 18.0 Å². The first-order chi connectivity index (χ1) is 3.39. The maximum atomic E-state index is 11.8. The van der Waals surface area contributed by atoms with Crippen LogP contribution in [0.3, 0.4) is 0 Å². The molecule has 0 N–H and O–H groups in total. The summed E-state index contributed by atoms with van der Waals surface area (Å²) in [5.74, 6) is 0. The molecule has 0 bridgehead atoms. The largest absolute Gasteiger partial charge is 0.269 e. The lowest BCUT2D eigenvalue weighted by atomic mass is 10.6. The summed E-state index contributed by atoms with van der Waals surface area (Å²) in [6.45, 7) is 0.0799. The van der Waals surface area contributed by atoms with Crippen LogP contribution in [0.4, 0.5) is 4.48 Å². The summed E-state index contributed by atoms with van der Waals surface area (Å²) in [6.07, 6.45) is 5.20. The van der Waals surface area contributed by atoms with Gasteiger partial charge in [0.15, 0.2) is 0 Å². The zero-order valence-corrected chi connectivity index (χ0v) is 3.63. The fraction of sp³-hybridized carbons (Fsp3) is 0.250. The second kappa shape index (κ2) is 1.73. The average Bonchev–Trinajstić information content (AvgIpc) is 1.69. The Morgan fingerprint density at radius 2 is 2.71 bits per heavy atom. The zero-order chi connectivity index (χ0) is 5.11. The lowest BCUT2D eigenvalue weighted by molar-refractivity contribution is 0.0809. The van der Waals surface area contributed by atoms with E-state index in [-0.39, 0.29) is 6.67 Å². The third-order valence-electron chi connectivity index (χ3n) is 0.600. The van der Waals surface area contributed by atoms with Crippen LogP contribution >= 0.6 is 0 Å². The van der Waals surface area contributed by atoms with Gasteiger partial charge in [-0.3, -0.25) is 4.99 Å². The lowest BCUT2D eigenvalue weighted by Crippen LogP contribution is -2.08. The number of aliphatic imine (C=N–C) groups is 1. The average molecular weight is 99.1 g/mol. The number of hydrogen-bond acceptors (Lipinski definition) is 2. The smallest absolute Gasteiger partial charge is 0.140 e. The van der Waals surface area contributed by atoms with Gasteiger partial charge in [0, 0.05) is 6.21 Å². The van der Waals surface area contributed by atoms with Gasteiger partial charge < -0.3 is 0 Å². The molecule has 37 valence electrons. The van der Waals surface area contributed by atoms with Crippen molar-refractivity contribution in [3.8, 4) is 0 Å². The van der Waals surface area contributed by atoms with Crippen LogP contribution in [0.5, 0.6) is 0 Å². The molecule has 0 unspecified atom stereocenters. The molecule has 1 aliphatic rings. The van der Waals surface area contributed by atoms with Crippen LogP contribution in [0.1, 0.15) is 0 Å². The van der Waals surface area contributed by atoms with E-state index in [0.29, 0.717) is 5.12 Å². The highest BCUT2D eigenvalue weighted by Gasteiger charge is 1.93. The first kappa shape index (κ1) is 4.30. The highest BCUT2D eigenvalue weighted by Crippen LogP contribution is 1.91. The molecule has 7 heavy (non-hydrogen) atoms. The van der Waals surface area contributed by atoms with E-state index in [1.165, 1.54) is 12.3 Å². The van der Waals surface area contributed by atoms with E-state index in [1.54, 1.807) is 0 Å². The summed E-state index contributed by atoms with van der Waals surface area (Å²) in [7, 11) is 0. The molecule has 0 saturated carbocycles. The van der Waals surface area contributed by atoms with E-state index in [9.17, 15) is 4.48 Å². The fourth-order valence-corrected chi connectivity index (χ4v) is 0.327. The van der Waals surface area contributed by atoms with Crippen molar-refractivity contribution in [1.29, 1.82) is 0 Å². The Kier molecular flexibility index (Phi) is 1.06. The van der Waals surface area contributed by atoms with E-state index in [0.717, 1.165) is 0 Å². The summed E-state index contributed by atoms with van der Waals surface area (Å²) in [5, 5.41) is 0.389. The first-order valence-electron chi connectivity index (χ1n) is 1.91. The van der Waals surface area contributed by atoms with Gasteiger partial charge in [0.05, 0.1) is 6.20 Å². The van der Waals surface area contributed by atoms with Gasteiger partial charge in [-0.15, -0.1) is 0 Å². The minimum atomic E-state index is 0.0799. The molecule has 3 heteroatoms.